The van der Waals surface area contributed by atoms with Crippen LogP contribution in [-0.2, 0) is 0 Å². The van der Waals surface area contributed by atoms with Gasteiger partial charge < -0.3 is 10.2 Å². The minimum atomic E-state index is 0.631. The lowest BCUT2D eigenvalue weighted by molar-refractivity contribution is 0.188. The van der Waals surface area contributed by atoms with Gasteiger partial charge in [0.25, 0.3) is 0 Å². The molecule has 0 saturated carbocycles. The summed E-state index contributed by atoms with van der Waals surface area (Å²) in [7, 11) is 4.26. The van der Waals surface area contributed by atoms with Crippen LogP contribution < -0.4 is 5.32 Å². The number of rotatable bonds is 6. The fraction of sp³-hybridized carbons (Fsp3) is 1.00. The lowest BCUT2D eigenvalue weighted by Gasteiger charge is -2.30. The fourth-order valence-electron chi connectivity index (χ4n) is 1.45. The van der Waals surface area contributed by atoms with Crippen LogP contribution in [0.1, 0.15) is 34.1 Å². The highest BCUT2D eigenvalue weighted by Crippen LogP contribution is 2.08. The molecule has 0 aromatic rings. The molecule has 0 saturated heterocycles. The van der Waals surface area contributed by atoms with Crippen molar-refractivity contribution in [2.24, 2.45) is 5.92 Å². The minimum Gasteiger partial charge on any atom is -0.316 e. The standard InChI is InChI=1S/C11H26N2/c1-7-11(12-5)8-13(6)10(4)9(2)3/h9-12H,7-8H2,1-6H3. The summed E-state index contributed by atoms with van der Waals surface area (Å²) in [5.74, 6) is 0.736. The van der Waals surface area contributed by atoms with E-state index in [0.29, 0.717) is 12.1 Å². The van der Waals surface area contributed by atoms with E-state index in [-0.39, 0.29) is 0 Å². The first-order chi connectivity index (χ1) is 6.02. The molecule has 2 nitrogen and oxygen atoms in total. The summed E-state index contributed by atoms with van der Waals surface area (Å²) in [4.78, 5) is 2.44. The van der Waals surface area contributed by atoms with E-state index >= 15 is 0 Å². The van der Waals surface area contributed by atoms with Crippen LogP contribution in [0.5, 0.6) is 0 Å². The summed E-state index contributed by atoms with van der Waals surface area (Å²) in [6.45, 7) is 10.2. The summed E-state index contributed by atoms with van der Waals surface area (Å²) in [6, 6.07) is 1.30. The van der Waals surface area contributed by atoms with Gasteiger partial charge in [0.15, 0.2) is 0 Å². The quantitative estimate of drug-likeness (QED) is 0.682. The Labute approximate surface area is 83.7 Å². The lowest BCUT2D eigenvalue weighted by Crippen LogP contribution is -2.42. The zero-order valence-corrected chi connectivity index (χ0v) is 10.1. The van der Waals surface area contributed by atoms with Gasteiger partial charge in [-0.2, -0.15) is 0 Å². The Morgan fingerprint density at radius 2 is 1.77 bits per heavy atom. The monoisotopic (exact) mass is 186 g/mol. The SMILES string of the molecule is CCC(CN(C)C(C)C(C)C)NC. The maximum atomic E-state index is 3.33. The van der Waals surface area contributed by atoms with Crippen LogP contribution in [0, 0.1) is 5.92 Å². The van der Waals surface area contributed by atoms with E-state index in [9.17, 15) is 0 Å². The Bertz CT molecular complexity index is 119. The molecule has 0 amide bonds. The molecule has 0 spiro atoms. The first-order valence-electron chi connectivity index (χ1n) is 5.40. The lowest BCUT2D eigenvalue weighted by atomic mass is 10.0. The van der Waals surface area contributed by atoms with Crippen molar-refractivity contribution in [3.63, 3.8) is 0 Å². The van der Waals surface area contributed by atoms with Crippen LogP contribution >= 0.6 is 0 Å². The Morgan fingerprint density at radius 3 is 2.08 bits per heavy atom. The molecule has 0 bridgehead atoms. The highest BCUT2D eigenvalue weighted by atomic mass is 15.1. The first-order valence-corrected chi connectivity index (χ1v) is 5.40. The van der Waals surface area contributed by atoms with Crippen molar-refractivity contribution in [1.29, 1.82) is 0 Å². The van der Waals surface area contributed by atoms with E-state index in [1.807, 2.05) is 7.05 Å². The highest BCUT2D eigenvalue weighted by Gasteiger charge is 2.15. The minimum absolute atomic E-state index is 0.631. The van der Waals surface area contributed by atoms with Crippen molar-refractivity contribution in [3.05, 3.63) is 0 Å². The molecule has 0 aliphatic rings. The van der Waals surface area contributed by atoms with Gasteiger partial charge in [0, 0.05) is 18.6 Å². The van der Waals surface area contributed by atoms with Crippen molar-refractivity contribution < 1.29 is 0 Å². The molecule has 80 valence electrons. The fourth-order valence-corrected chi connectivity index (χ4v) is 1.45. The second-order valence-corrected chi connectivity index (χ2v) is 4.32. The number of hydrogen-bond acceptors (Lipinski definition) is 2. The van der Waals surface area contributed by atoms with Crippen LogP contribution in [0.4, 0.5) is 0 Å². The first kappa shape index (κ1) is 12.9. The molecule has 2 atom stereocenters. The van der Waals surface area contributed by atoms with Crippen LogP contribution in [0.2, 0.25) is 0 Å². The summed E-state index contributed by atoms with van der Waals surface area (Å²) in [5.41, 5.74) is 0. The maximum absolute atomic E-state index is 3.33. The highest BCUT2D eigenvalue weighted by molar-refractivity contribution is 4.72. The van der Waals surface area contributed by atoms with E-state index in [2.05, 4.69) is 45.0 Å². The summed E-state index contributed by atoms with van der Waals surface area (Å²) in [5, 5.41) is 3.33. The van der Waals surface area contributed by atoms with Gasteiger partial charge >= 0.3 is 0 Å². The van der Waals surface area contributed by atoms with Crippen molar-refractivity contribution in [3.8, 4) is 0 Å². The summed E-state index contributed by atoms with van der Waals surface area (Å²) >= 11 is 0. The molecular formula is C11H26N2. The predicted octanol–water partition coefficient (Wildman–Crippen LogP) is 1.96. The molecule has 0 aliphatic heterocycles. The number of nitrogens with zero attached hydrogens (tertiary/aromatic N) is 1. The molecule has 0 aliphatic carbocycles. The van der Waals surface area contributed by atoms with Gasteiger partial charge in [-0.05, 0) is 33.4 Å². The van der Waals surface area contributed by atoms with Gasteiger partial charge in [-0.3, -0.25) is 0 Å². The molecule has 0 fully saturated rings. The van der Waals surface area contributed by atoms with Crippen LogP contribution in [0.15, 0.2) is 0 Å². The van der Waals surface area contributed by atoms with E-state index in [1.54, 1.807) is 0 Å². The van der Waals surface area contributed by atoms with Crippen molar-refractivity contribution >= 4 is 0 Å². The van der Waals surface area contributed by atoms with Crippen LogP contribution in [0.3, 0.4) is 0 Å². The molecule has 2 heteroatoms. The molecule has 0 heterocycles. The Hall–Kier alpha value is -0.0800. The molecule has 0 radical (unpaired) electrons. The smallest absolute Gasteiger partial charge is 0.0189 e. The summed E-state index contributed by atoms with van der Waals surface area (Å²) in [6.07, 6.45) is 1.20. The van der Waals surface area contributed by atoms with E-state index < -0.39 is 0 Å². The van der Waals surface area contributed by atoms with Gasteiger partial charge in [0.2, 0.25) is 0 Å². The number of hydrogen-bond donors (Lipinski definition) is 1. The van der Waals surface area contributed by atoms with E-state index in [0.717, 1.165) is 12.5 Å². The van der Waals surface area contributed by atoms with Crippen molar-refractivity contribution in [2.45, 2.75) is 46.2 Å². The van der Waals surface area contributed by atoms with E-state index in [1.165, 1.54) is 6.42 Å². The van der Waals surface area contributed by atoms with Crippen molar-refractivity contribution in [1.82, 2.24) is 10.2 Å². The van der Waals surface area contributed by atoms with Crippen LogP contribution in [-0.4, -0.2) is 37.6 Å². The third kappa shape index (κ3) is 4.63. The molecule has 0 rings (SSSR count). The van der Waals surface area contributed by atoms with Gasteiger partial charge in [-0.1, -0.05) is 20.8 Å². The Kier molecular flexibility index (Phi) is 6.35. The Morgan fingerprint density at radius 1 is 1.23 bits per heavy atom. The van der Waals surface area contributed by atoms with Crippen molar-refractivity contribution in [2.75, 3.05) is 20.6 Å². The molecule has 13 heavy (non-hydrogen) atoms. The number of nitrogens with one attached hydrogen (secondary N) is 1. The topological polar surface area (TPSA) is 15.3 Å². The average molecular weight is 186 g/mol. The third-order valence-corrected chi connectivity index (χ3v) is 3.07. The zero-order chi connectivity index (χ0) is 10.4. The molecule has 0 aromatic heterocycles. The van der Waals surface area contributed by atoms with Crippen LogP contribution in [0.25, 0.3) is 0 Å². The van der Waals surface area contributed by atoms with Gasteiger partial charge in [0.1, 0.15) is 0 Å². The summed E-state index contributed by atoms with van der Waals surface area (Å²) < 4.78 is 0. The maximum Gasteiger partial charge on any atom is 0.0189 e. The largest absolute Gasteiger partial charge is 0.316 e. The molecule has 2 unspecified atom stereocenters. The zero-order valence-electron chi connectivity index (χ0n) is 10.1. The predicted molar refractivity (Wildman–Crippen MR) is 60.1 cm³/mol. The third-order valence-electron chi connectivity index (χ3n) is 3.07. The van der Waals surface area contributed by atoms with E-state index in [4.69, 9.17) is 0 Å². The molecule has 0 aromatic carbocycles. The average Bonchev–Trinajstić information content (AvgIpc) is 2.12. The normalized spacial score (nSPS) is 16.6. The molecule has 1 N–H and O–H groups in total. The second kappa shape index (κ2) is 6.39. The second-order valence-electron chi connectivity index (χ2n) is 4.32. The molecular weight excluding hydrogens is 160 g/mol. The number of likely N-dealkylation sites (N-methyl/N-ethyl adjacent to an activating group) is 2. The van der Waals surface area contributed by atoms with Gasteiger partial charge in [0.05, 0.1) is 0 Å². The van der Waals surface area contributed by atoms with Gasteiger partial charge in [-0.25, -0.2) is 0 Å². The Balaban J connectivity index is 3.89. The van der Waals surface area contributed by atoms with Gasteiger partial charge in [-0.15, -0.1) is 0 Å².